The van der Waals surface area contributed by atoms with Crippen LogP contribution in [0.5, 0.6) is 17.2 Å². The number of carbonyl (C=O) groups is 1. The maximum atomic E-state index is 14.3. The summed E-state index contributed by atoms with van der Waals surface area (Å²) in [5.41, 5.74) is 4.01. The van der Waals surface area contributed by atoms with Crippen LogP contribution in [0.2, 0.25) is 5.02 Å². The predicted molar refractivity (Wildman–Crippen MR) is 184 cm³/mol. The van der Waals surface area contributed by atoms with Crippen molar-refractivity contribution in [2.24, 2.45) is 5.92 Å². The molecule has 2 aromatic heterocycles. The molecule has 8 nitrogen and oxygen atoms in total. The van der Waals surface area contributed by atoms with Gasteiger partial charge in [-0.15, -0.1) is 0 Å². The number of nitrogens with zero attached hydrogens (tertiary/aromatic N) is 3. The normalized spacial score (nSPS) is 11.3. The molecule has 2 aromatic carbocycles. The Kier molecular flexibility index (Phi) is 13.0. The first-order valence-corrected chi connectivity index (χ1v) is 16.7. The van der Waals surface area contributed by atoms with E-state index in [1.54, 1.807) is 26.4 Å². The number of imidazole rings is 1. The number of benzene rings is 2. The molecule has 0 aliphatic carbocycles. The van der Waals surface area contributed by atoms with Gasteiger partial charge in [-0.3, -0.25) is 4.79 Å². The number of fused-ring (bicyclic) bond motifs is 1. The molecule has 0 unspecified atom stereocenters. The van der Waals surface area contributed by atoms with Gasteiger partial charge in [-0.1, -0.05) is 60.8 Å². The van der Waals surface area contributed by atoms with Crippen LogP contribution in [0.15, 0.2) is 59.2 Å². The number of amides is 1. The summed E-state index contributed by atoms with van der Waals surface area (Å²) in [4.78, 5) is 21.1. The van der Waals surface area contributed by atoms with Crippen molar-refractivity contribution in [2.45, 2.75) is 53.0 Å². The number of methoxy groups -OCH3 is 2. The third-order valence-corrected chi connectivity index (χ3v) is 8.53. The number of pyridine rings is 1. The van der Waals surface area contributed by atoms with Crippen LogP contribution >= 0.6 is 27.5 Å². The molecule has 0 bridgehead atoms. The maximum absolute atomic E-state index is 14.3. The Morgan fingerprint density at radius 3 is 2.60 bits per heavy atom. The summed E-state index contributed by atoms with van der Waals surface area (Å²) in [6, 6.07) is 15.4. The molecular weight excluding hydrogens is 656 g/mol. The van der Waals surface area contributed by atoms with Crippen LogP contribution in [0.4, 0.5) is 0 Å². The Morgan fingerprint density at radius 1 is 1.09 bits per heavy atom. The van der Waals surface area contributed by atoms with Crippen LogP contribution in [-0.2, 0) is 13.0 Å². The van der Waals surface area contributed by atoms with Gasteiger partial charge in [-0.05, 0) is 67.8 Å². The molecule has 0 atom stereocenters. The Hall–Kier alpha value is -3.27. The molecule has 242 valence electrons. The molecule has 10 heteroatoms. The van der Waals surface area contributed by atoms with E-state index in [9.17, 15) is 4.79 Å². The topological polar surface area (TPSA) is 77.3 Å². The highest BCUT2D eigenvalue weighted by Gasteiger charge is 2.26. The number of carbonyl (C=O) groups excluding carboxylic acids is 1. The number of aromatic nitrogens is 2. The second-order valence-corrected chi connectivity index (χ2v) is 12.7. The molecule has 0 aliphatic heterocycles. The van der Waals surface area contributed by atoms with E-state index in [1.165, 1.54) is 0 Å². The Morgan fingerprint density at radius 2 is 1.87 bits per heavy atom. The lowest BCUT2D eigenvalue weighted by atomic mass is 10.1. The summed E-state index contributed by atoms with van der Waals surface area (Å²) in [5.74, 6) is 1.88. The monoisotopic (exact) mass is 698 g/mol. The average Bonchev–Trinajstić information content (AvgIpc) is 3.37. The lowest BCUT2D eigenvalue weighted by Crippen LogP contribution is -2.33. The second kappa shape index (κ2) is 16.9. The van der Waals surface area contributed by atoms with Gasteiger partial charge < -0.3 is 28.8 Å². The Bertz CT molecular complexity index is 1580. The number of hydrogen-bond acceptors (Lipinski definition) is 6. The van der Waals surface area contributed by atoms with E-state index in [0.29, 0.717) is 55.6 Å². The number of hydrogen-bond donors (Lipinski definition) is 1. The van der Waals surface area contributed by atoms with Gasteiger partial charge in [-0.2, -0.15) is 0 Å². The summed E-state index contributed by atoms with van der Waals surface area (Å²) in [7, 11) is 3.24. The number of halogens is 2. The number of unbranched alkanes of at least 4 members (excludes halogenated alkanes) is 1. The first-order valence-electron chi connectivity index (χ1n) is 15.5. The second-order valence-electron chi connectivity index (χ2n) is 11.4. The van der Waals surface area contributed by atoms with Crippen molar-refractivity contribution in [3.63, 3.8) is 0 Å². The van der Waals surface area contributed by atoms with Gasteiger partial charge in [0.15, 0.2) is 11.5 Å². The van der Waals surface area contributed by atoms with Crippen LogP contribution in [0.3, 0.4) is 0 Å². The molecule has 0 saturated heterocycles. The minimum Gasteiger partial charge on any atom is -0.496 e. The minimum absolute atomic E-state index is 0.183. The van der Waals surface area contributed by atoms with Crippen LogP contribution < -0.4 is 19.5 Å². The average molecular weight is 700 g/mol. The summed E-state index contributed by atoms with van der Waals surface area (Å²) in [6.07, 6.45) is 5.63. The van der Waals surface area contributed by atoms with Crippen molar-refractivity contribution in [2.75, 3.05) is 40.5 Å². The van der Waals surface area contributed by atoms with E-state index < -0.39 is 0 Å². The third-order valence-electron chi connectivity index (χ3n) is 7.66. The fourth-order valence-electron chi connectivity index (χ4n) is 5.14. The van der Waals surface area contributed by atoms with E-state index in [-0.39, 0.29) is 10.9 Å². The van der Waals surface area contributed by atoms with Crippen LogP contribution in [0.1, 0.15) is 67.3 Å². The van der Waals surface area contributed by atoms with Gasteiger partial charge in [0.05, 0.1) is 42.7 Å². The van der Waals surface area contributed by atoms with Crippen LogP contribution in [-0.4, -0.2) is 60.7 Å². The Labute approximate surface area is 280 Å². The zero-order valence-electron chi connectivity index (χ0n) is 26.9. The standard InChI is InChI=1S/C35H44BrClN4O4/c1-6-7-16-38-17-20-45-34-31(44-5)14-12-27(33(34)37)35(42)40(19-15-24(2)3)23-28-29(41-18-9-8-10-32(41)39-28)22-25-21-26(36)11-13-30(25)43-4/h8-14,18,21,24,38H,6-7,15-17,19-20,22-23H2,1-5H3. The van der Waals surface area contributed by atoms with E-state index in [0.717, 1.165) is 58.6 Å². The lowest BCUT2D eigenvalue weighted by molar-refractivity contribution is 0.0733. The van der Waals surface area contributed by atoms with Gasteiger partial charge in [0.25, 0.3) is 5.91 Å². The molecule has 2 heterocycles. The van der Waals surface area contributed by atoms with E-state index in [2.05, 4.69) is 52.5 Å². The van der Waals surface area contributed by atoms with Crippen molar-refractivity contribution in [3.8, 4) is 17.2 Å². The van der Waals surface area contributed by atoms with Gasteiger partial charge in [0.2, 0.25) is 0 Å². The largest absolute Gasteiger partial charge is 0.496 e. The Balaban J connectivity index is 1.67. The first kappa shape index (κ1) is 34.6. The highest BCUT2D eigenvalue weighted by molar-refractivity contribution is 9.10. The first-order chi connectivity index (χ1) is 21.8. The zero-order valence-corrected chi connectivity index (χ0v) is 29.2. The molecule has 0 radical (unpaired) electrons. The molecule has 4 rings (SSSR count). The highest BCUT2D eigenvalue weighted by atomic mass is 79.9. The zero-order chi connectivity index (χ0) is 32.3. The fourth-order valence-corrected chi connectivity index (χ4v) is 5.84. The summed E-state index contributed by atoms with van der Waals surface area (Å²) < 4.78 is 20.3. The summed E-state index contributed by atoms with van der Waals surface area (Å²) in [6.45, 7) is 9.32. The molecule has 0 saturated carbocycles. The lowest BCUT2D eigenvalue weighted by Gasteiger charge is -2.25. The molecular formula is C35H44BrClN4O4. The van der Waals surface area contributed by atoms with Gasteiger partial charge in [0, 0.05) is 35.7 Å². The van der Waals surface area contributed by atoms with Gasteiger partial charge in [-0.25, -0.2) is 4.98 Å². The van der Waals surface area contributed by atoms with Crippen molar-refractivity contribution < 1.29 is 19.0 Å². The van der Waals surface area contributed by atoms with Crippen molar-refractivity contribution in [3.05, 3.63) is 86.7 Å². The molecule has 0 fully saturated rings. The van der Waals surface area contributed by atoms with Crippen LogP contribution in [0, 0.1) is 5.92 Å². The van der Waals surface area contributed by atoms with Crippen molar-refractivity contribution in [1.82, 2.24) is 19.6 Å². The van der Waals surface area contributed by atoms with Crippen LogP contribution in [0.25, 0.3) is 5.65 Å². The molecule has 4 aromatic rings. The molecule has 0 aliphatic rings. The maximum Gasteiger partial charge on any atom is 0.255 e. The number of nitrogens with one attached hydrogen (secondary N) is 1. The highest BCUT2D eigenvalue weighted by Crippen LogP contribution is 2.38. The van der Waals surface area contributed by atoms with Crippen molar-refractivity contribution >= 4 is 39.1 Å². The van der Waals surface area contributed by atoms with E-state index in [4.69, 9.17) is 30.8 Å². The SMILES string of the molecule is CCCCNCCOc1c(OC)ccc(C(=O)N(CCC(C)C)Cc2nc3ccccn3c2Cc2cc(Br)ccc2OC)c1Cl. The van der Waals surface area contributed by atoms with Gasteiger partial charge in [0.1, 0.15) is 18.0 Å². The molecule has 1 amide bonds. The fraction of sp³-hybridized carbons (Fsp3) is 0.429. The quantitative estimate of drug-likeness (QED) is 0.113. The summed E-state index contributed by atoms with van der Waals surface area (Å²) in [5, 5.41) is 3.61. The van der Waals surface area contributed by atoms with Crippen molar-refractivity contribution in [1.29, 1.82) is 0 Å². The molecule has 1 N–H and O–H groups in total. The minimum atomic E-state index is -0.183. The van der Waals surface area contributed by atoms with Gasteiger partial charge >= 0.3 is 0 Å². The summed E-state index contributed by atoms with van der Waals surface area (Å²) >= 11 is 10.5. The van der Waals surface area contributed by atoms with E-state index in [1.807, 2.05) is 41.4 Å². The number of rotatable bonds is 17. The van der Waals surface area contributed by atoms with E-state index >= 15 is 0 Å². The molecule has 0 spiro atoms. The third kappa shape index (κ3) is 8.93. The smallest absolute Gasteiger partial charge is 0.255 e. The predicted octanol–water partition coefficient (Wildman–Crippen LogP) is 7.82. The number of ether oxygens (including phenoxy) is 3. The molecule has 45 heavy (non-hydrogen) atoms.